The Morgan fingerprint density at radius 3 is 1.37 bits per heavy atom. The van der Waals surface area contributed by atoms with E-state index in [9.17, 15) is 9.59 Å². The molecule has 0 fully saturated rings. The minimum Gasteiger partial charge on any atom is -0.481 e. The Morgan fingerprint density at radius 2 is 1.00 bits per heavy atom. The van der Waals surface area contributed by atoms with E-state index in [1.807, 2.05) is 48.8 Å². The molecule has 10 heteroatoms. The topological polar surface area (TPSA) is 136 Å². The third-order valence-electron chi connectivity index (χ3n) is 5.78. The van der Waals surface area contributed by atoms with Crippen LogP contribution in [-0.2, 0) is 22.7 Å². The second kappa shape index (κ2) is 15.7. The van der Waals surface area contributed by atoms with Crippen LogP contribution in [0.4, 0.5) is 0 Å². The lowest BCUT2D eigenvalue weighted by Crippen LogP contribution is -2.08. The number of carboxylic acid groups (broad SMARTS) is 2. The summed E-state index contributed by atoms with van der Waals surface area (Å²) in [7, 11) is 0. The fraction of sp³-hybridized carbons (Fsp3) is 0.357. The Bertz CT molecular complexity index is 1140. The van der Waals surface area contributed by atoms with Gasteiger partial charge in [0.1, 0.15) is 0 Å². The number of unbranched alkanes of at least 4 members (excludes halogenated alkanes) is 5. The number of aromatic nitrogens is 6. The van der Waals surface area contributed by atoms with Gasteiger partial charge in [-0.3, -0.25) is 19.6 Å². The summed E-state index contributed by atoms with van der Waals surface area (Å²) in [5.41, 5.74) is 1.97. The largest absolute Gasteiger partial charge is 0.481 e. The molecule has 0 saturated carbocycles. The van der Waals surface area contributed by atoms with Crippen LogP contribution in [0.15, 0.2) is 73.6 Å². The third kappa shape index (κ3) is 9.96. The number of pyridine rings is 2. The van der Waals surface area contributed by atoms with Gasteiger partial charge in [-0.05, 0) is 37.1 Å². The quantitative estimate of drug-likeness (QED) is 0.225. The van der Waals surface area contributed by atoms with Crippen LogP contribution in [-0.4, -0.2) is 51.2 Å². The Morgan fingerprint density at radius 1 is 0.579 bits per heavy atom. The number of hydrogen-bond donors (Lipinski definition) is 2. The first-order valence-corrected chi connectivity index (χ1v) is 12.8. The lowest BCUT2D eigenvalue weighted by Gasteiger charge is -2.10. The van der Waals surface area contributed by atoms with Gasteiger partial charge < -0.3 is 19.3 Å². The predicted molar refractivity (Wildman–Crippen MR) is 142 cm³/mol. The van der Waals surface area contributed by atoms with E-state index < -0.39 is 11.9 Å². The van der Waals surface area contributed by atoms with Gasteiger partial charge in [0.05, 0.1) is 24.5 Å². The second-order valence-corrected chi connectivity index (χ2v) is 8.81. The smallest absolute Gasteiger partial charge is 0.303 e. The molecule has 4 aromatic heterocycles. The second-order valence-electron chi connectivity index (χ2n) is 8.81. The number of nitrogens with zero attached hydrogens (tertiary/aromatic N) is 6. The minimum atomic E-state index is -0.740. The summed E-state index contributed by atoms with van der Waals surface area (Å²) in [4.78, 5) is 38.0. The molecule has 0 aliphatic carbocycles. The minimum absolute atomic E-state index is 0.245. The zero-order chi connectivity index (χ0) is 27.0. The van der Waals surface area contributed by atoms with Crippen molar-refractivity contribution in [1.82, 2.24) is 29.1 Å². The van der Waals surface area contributed by atoms with Crippen LogP contribution in [0.25, 0.3) is 11.6 Å². The van der Waals surface area contributed by atoms with Crippen molar-refractivity contribution in [3.8, 4) is 11.6 Å². The van der Waals surface area contributed by atoms with Crippen molar-refractivity contribution >= 4 is 11.9 Å². The molecule has 0 spiro atoms. The van der Waals surface area contributed by atoms with Crippen molar-refractivity contribution in [2.24, 2.45) is 0 Å². The Hall–Kier alpha value is -4.34. The van der Waals surface area contributed by atoms with Gasteiger partial charge in [-0.1, -0.05) is 37.8 Å². The molecule has 10 nitrogen and oxygen atoms in total. The molecular formula is C28H34N6O4. The Labute approximate surface area is 222 Å². The highest BCUT2D eigenvalue weighted by atomic mass is 16.4. The van der Waals surface area contributed by atoms with Crippen molar-refractivity contribution in [2.75, 3.05) is 0 Å². The molecule has 4 rings (SSSR count). The maximum Gasteiger partial charge on any atom is 0.303 e. The standard InChI is InChI=1S/C18H16N6.C10H18O4/c1-3-7-19-15(5-1)13-23-11-9-21-17(23)18-22-10-12-24(18)14-16-6-2-4-8-20-16;11-9(12)7-5-3-1-2-4-6-8-10(13)14/h1-12H,13-14H2;1-8H2,(H,11,12)(H,13,14). The van der Waals surface area contributed by atoms with Crippen LogP contribution in [0.5, 0.6) is 0 Å². The van der Waals surface area contributed by atoms with Crippen LogP contribution in [0.3, 0.4) is 0 Å². The fourth-order valence-corrected chi connectivity index (χ4v) is 3.88. The van der Waals surface area contributed by atoms with Crippen molar-refractivity contribution in [1.29, 1.82) is 0 Å². The maximum atomic E-state index is 10.1. The predicted octanol–water partition coefficient (Wildman–Crippen LogP) is 4.91. The van der Waals surface area contributed by atoms with E-state index in [4.69, 9.17) is 10.2 Å². The SMILES string of the molecule is O=C(O)CCCCCCCCC(=O)O.c1ccc(Cn2ccnc2-c2nccn2Cc2ccccn2)nc1. The summed E-state index contributed by atoms with van der Waals surface area (Å²) in [6.07, 6.45) is 16.9. The van der Waals surface area contributed by atoms with Crippen molar-refractivity contribution < 1.29 is 19.8 Å². The van der Waals surface area contributed by atoms with Gasteiger partial charge in [-0.25, -0.2) is 9.97 Å². The molecule has 0 radical (unpaired) electrons. The van der Waals surface area contributed by atoms with E-state index in [2.05, 4.69) is 29.1 Å². The number of rotatable bonds is 14. The summed E-state index contributed by atoms with van der Waals surface area (Å²) in [5, 5.41) is 16.7. The maximum absolute atomic E-state index is 10.1. The lowest BCUT2D eigenvalue weighted by atomic mass is 10.1. The van der Waals surface area contributed by atoms with E-state index >= 15 is 0 Å². The van der Waals surface area contributed by atoms with Crippen LogP contribution < -0.4 is 0 Å². The van der Waals surface area contributed by atoms with Crippen molar-refractivity contribution in [3.63, 3.8) is 0 Å². The normalized spacial score (nSPS) is 10.5. The first-order chi connectivity index (χ1) is 18.5. The first-order valence-electron chi connectivity index (χ1n) is 12.8. The summed E-state index contributed by atoms with van der Waals surface area (Å²) >= 11 is 0. The molecule has 0 amide bonds. The van der Waals surface area contributed by atoms with Gasteiger partial charge in [0.15, 0.2) is 11.6 Å². The van der Waals surface area contributed by atoms with Crippen molar-refractivity contribution in [3.05, 3.63) is 85.0 Å². The number of carboxylic acids is 2. The van der Waals surface area contributed by atoms with Crippen LogP contribution in [0.2, 0.25) is 0 Å². The molecular weight excluding hydrogens is 484 g/mol. The van der Waals surface area contributed by atoms with E-state index in [1.54, 1.807) is 24.8 Å². The Kier molecular flexibility index (Phi) is 11.7. The van der Waals surface area contributed by atoms with Gasteiger partial charge in [-0.15, -0.1) is 0 Å². The van der Waals surface area contributed by atoms with Gasteiger partial charge in [0.25, 0.3) is 0 Å². The van der Waals surface area contributed by atoms with Gasteiger partial charge >= 0.3 is 11.9 Å². The van der Waals surface area contributed by atoms with Gasteiger partial charge in [-0.2, -0.15) is 0 Å². The summed E-state index contributed by atoms with van der Waals surface area (Å²) in [5.74, 6) is 0.162. The zero-order valence-corrected chi connectivity index (χ0v) is 21.4. The monoisotopic (exact) mass is 518 g/mol. The van der Waals surface area contributed by atoms with E-state index in [-0.39, 0.29) is 12.8 Å². The molecule has 200 valence electrons. The van der Waals surface area contributed by atoms with Crippen molar-refractivity contribution in [2.45, 2.75) is 64.5 Å². The number of hydrogen-bond acceptors (Lipinski definition) is 6. The molecule has 0 atom stereocenters. The average molecular weight is 519 g/mol. The fourth-order valence-electron chi connectivity index (χ4n) is 3.88. The molecule has 38 heavy (non-hydrogen) atoms. The number of carbonyl (C=O) groups is 2. The number of aliphatic carboxylic acids is 2. The molecule has 4 heterocycles. The molecule has 0 aliphatic heterocycles. The van der Waals surface area contributed by atoms with Crippen LogP contribution >= 0.6 is 0 Å². The third-order valence-corrected chi connectivity index (χ3v) is 5.78. The molecule has 0 aromatic carbocycles. The highest BCUT2D eigenvalue weighted by Crippen LogP contribution is 2.17. The van der Waals surface area contributed by atoms with Crippen LogP contribution in [0, 0.1) is 0 Å². The first kappa shape index (κ1) is 28.2. The molecule has 0 unspecified atom stereocenters. The number of imidazole rings is 2. The summed E-state index contributed by atoms with van der Waals surface area (Å²) < 4.78 is 4.11. The highest BCUT2D eigenvalue weighted by molar-refractivity contribution is 5.66. The van der Waals surface area contributed by atoms with Gasteiger partial charge in [0, 0.05) is 50.0 Å². The van der Waals surface area contributed by atoms with Gasteiger partial charge in [0.2, 0.25) is 0 Å². The highest BCUT2D eigenvalue weighted by Gasteiger charge is 2.13. The molecule has 0 bridgehead atoms. The van der Waals surface area contributed by atoms with E-state index in [1.165, 1.54) is 0 Å². The Balaban J connectivity index is 0.000000247. The van der Waals surface area contributed by atoms with E-state index in [0.717, 1.165) is 61.6 Å². The molecule has 4 aromatic rings. The average Bonchev–Trinajstić information content (AvgIpc) is 3.56. The molecule has 0 aliphatic rings. The lowest BCUT2D eigenvalue weighted by molar-refractivity contribution is -0.138. The molecule has 2 N–H and O–H groups in total. The van der Waals surface area contributed by atoms with E-state index in [0.29, 0.717) is 13.1 Å². The van der Waals surface area contributed by atoms with Crippen LogP contribution in [0.1, 0.15) is 62.8 Å². The summed E-state index contributed by atoms with van der Waals surface area (Å²) in [6, 6.07) is 11.8. The zero-order valence-electron chi connectivity index (χ0n) is 21.4. The molecule has 0 saturated heterocycles. The summed E-state index contributed by atoms with van der Waals surface area (Å²) in [6.45, 7) is 1.32.